The van der Waals surface area contributed by atoms with E-state index in [0.717, 1.165) is 11.3 Å². The van der Waals surface area contributed by atoms with Crippen LogP contribution < -0.4 is 19.1 Å². The highest BCUT2D eigenvalue weighted by Crippen LogP contribution is 2.45. The quantitative estimate of drug-likeness (QED) is 0.0880. The third kappa shape index (κ3) is 5.30. The molecule has 3 aromatic carbocycles. The number of aliphatic hydroxyl groups is 1. The monoisotopic (exact) mass is 605 g/mol. The normalized spacial score (nSPS) is 17.5. The molecule has 4 aromatic rings. The number of amides is 1. The molecule has 0 bridgehead atoms. The van der Waals surface area contributed by atoms with E-state index in [1.165, 1.54) is 22.7 Å². The molecule has 0 radical (unpaired) electrons. The molecule has 1 unspecified atom stereocenters. The average molecular weight is 606 g/mol. The van der Waals surface area contributed by atoms with Crippen LogP contribution in [0.25, 0.3) is 5.76 Å². The summed E-state index contributed by atoms with van der Waals surface area (Å²) in [6.07, 6.45) is 0. The predicted octanol–water partition coefficient (Wildman–Crippen LogP) is 5.77. The van der Waals surface area contributed by atoms with E-state index in [0.29, 0.717) is 63.9 Å². The molecule has 214 valence electrons. The van der Waals surface area contributed by atoms with Gasteiger partial charge in [0.15, 0.2) is 15.8 Å². The standard InChI is InChI=1S/C30H24FN3O6S2/c1-2-38-20-10-7-17(8-11-20)25-24(26(35)18-9-12-22-23(15-18)40-14-13-39-22)27(36)28(37)34(25)29-32-33-30(42-29)41-16-19-5-3-4-6-21(19)31/h3-12,15,25,35H,2,13-14,16H2,1H3/b26-24+. The minimum absolute atomic E-state index is 0.100. The maximum absolute atomic E-state index is 14.1. The first-order valence-corrected chi connectivity index (χ1v) is 14.9. The molecule has 1 amide bonds. The van der Waals surface area contributed by atoms with Crippen LogP contribution in [0.3, 0.4) is 0 Å². The van der Waals surface area contributed by atoms with E-state index in [9.17, 15) is 19.1 Å². The lowest BCUT2D eigenvalue weighted by molar-refractivity contribution is -0.132. The molecule has 1 N–H and O–H groups in total. The molecule has 1 fully saturated rings. The average Bonchev–Trinajstić information content (AvgIpc) is 3.58. The highest BCUT2D eigenvalue weighted by Gasteiger charge is 2.48. The van der Waals surface area contributed by atoms with Crippen LogP contribution in [0, 0.1) is 5.82 Å². The Bertz CT molecular complexity index is 1690. The van der Waals surface area contributed by atoms with E-state index < -0.39 is 17.7 Å². The van der Waals surface area contributed by atoms with Crippen molar-refractivity contribution in [3.63, 3.8) is 0 Å². The molecule has 0 saturated carbocycles. The number of benzene rings is 3. The van der Waals surface area contributed by atoms with Gasteiger partial charge in [-0.25, -0.2) is 4.39 Å². The molecule has 1 atom stereocenters. The summed E-state index contributed by atoms with van der Waals surface area (Å²) in [7, 11) is 0. The van der Waals surface area contributed by atoms with Crippen molar-refractivity contribution in [2.24, 2.45) is 0 Å². The molecule has 42 heavy (non-hydrogen) atoms. The van der Waals surface area contributed by atoms with Crippen molar-refractivity contribution in [3.05, 3.63) is 94.8 Å². The Morgan fingerprint density at radius 2 is 1.83 bits per heavy atom. The Balaban J connectivity index is 1.39. The summed E-state index contributed by atoms with van der Waals surface area (Å²) >= 11 is 2.37. The zero-order chi connectivity index (χ0) is 29.2. The number of aliphatic hydroxyl groups excluding tert-OH is 1. The summed E-state index contributed by atoms with van der Waals surface area (Å²) in [5.74, 6) is -0.514. The van der Waals surface area contributed by atoms with Crippen molar-refractivity contribution in [1.29, 1.82) is 0 Å². The Morgan fingerprint density at radius 1 is 1.07 bits per heavy atom. The number of carbonyl (C=O) groups excluding carboxylic acids is 2. The van der Waals surface area contributed by atoms with E-state index in [2.05, 4.69) is 10.2 Å². The van der Waals surface area contributed by atoms with Gasteiger partial charge < -0.3 is 19.3 Å². The summed E-state index contributed by atoms with van der Waals surface area (Å²) in [5.41, 5.74) is 1.27. The van der Waals surface area contributed by atoms with Gasteiger partial charge in [0, 0.05) is 11.3 Å². The molecule has 2 aliphatic rings. The first-order chi connectivity index (χ1) is 20.4. The summed E-state index contributed by atoms with van der Waals surface area (Å²) in [6.45, 7) is 3.10. The van der Waals surface area contributed by atoms with Crippen LogP contribution in [0.15, 0.2) is 76.6 Å². The van der Waals surface area contributed by atoms with Gasteiger partial charge in [-0.3, -0.25) is 14.5 Å². The van der Waals surface area contributed by atoms with E-state index in [-0.39, 0.29) is 22.3 Å². The molecule has 12 heteroatoms. The van der Waals surface area contributed by atoms with Crippen LogP contribution in [-0.4, -0.2) is 46.8 Å². The molecule has 0 aliphatic carbocycles. The second-order valence-electron chi connectivity index (χ2n) is 9.26. The van der Waals surface area contributed by atoms with Gasteiger partial charge in [0.2, 0.25) is 5.13 Å². The molecule has 2 aliphatic heterocycles. The molecule has 9 nitrogen and oxygen atoms in total. The van der Waals surface area contributed by atoms with Gasteiger partial charge in [0.25, 0.3) is 5.78 Å². The number of hydrogen-bond acceptors (Lipinski definition) is 10. The lowest BCUT2D eigenvalue weighted by Crippen LogP contribution is -2.29. The molecular formula is C30H24FN3O6S2. The van der Waals surface area contributed by atoms with Crippen LogP contribution in [0.4, 0.5) is 9.52 Å². The van der Waals surface area contributed by atoms with Crippen molar-refractivity contribution in [3.8, 4) is 17.2 Å². The lowest BCUT2D eigenvalue weighted by atomic mass is 9.95. The summed E-state index contributed by atoms with van der Waals surface area (Å²) in [4.78, 5) is 28.3. The molecule has 1 aromatic heterocycles. The second kappa shape index (κ2) is 11.8. The SMILES string of the molecule is CCOc1ccc(C2/C(=C(\O)c3ccc4c(c3)OCCO4)C(=O)C(=O)N2c2nnc(SCc3ccccc3F)s2)cc1. The van der Waals surface area contributed by atoms with E-state index in [4.69, 9.17) is 14.2 Å². The number of halogens is 1. The number of hydrogen-bond donors (Lipinski definition) is 1. The molecule has 3 heterocycles. The Kier molecular flexibility index (Phi) is 7.81. The number of ether oxygens (including phenoxy) is 3. The first-order valence-electron chi connectivity index (χ1n) is 13.1. The maximum atomic E-state index is 14.1. The maximum Gasteiger partial charge on any atom is 0.301 e. The number of aromatic nitrogens is 2. The summed E-state index contributed by atoms with van der Waals surface area (Å²) < 4.78 is 31.4. The number of nitrogens with zero attached hydrogens (tertiary/aromatic N) is 3. The summed E-state index contributed by atoms with van der Waals surface area (Å²) in [6, 6.07) is 17.2. The van der Waals surface area contributed by atoms with Crippen LogP contribution in [0.2, 0.25) is 0 Å². The van der Waals surface area contributed by atoms with E-state index in [1.54, 1.807) is 60.7 Å². The fraction of sp³-hybridized carbons (Fsp3) is 0.200. The predicted molar refractivity (Wildman–Crippen MR) is 156 cm³/mol. The summed E-state index contributed by atoms with van der Waals surface area (Å²) in [5, 5.41) is 20.0. The first kappa shape index (κ1) is 27.7. The zero-order valence-corrected chi connectivity index (χ0v) is 23.9. The Morgan fingerprint density at radius 3 is 2.60 bits per heavy atom. The number of Topliss-reactive ketones (excluding diaryl/α,β-unsaturated/α-hetero) is 1. The fourth-order valence-electron chi connectivity index (χ4n) is 4.72. The van der Waals surface area contributed by atoms with Gasteiger partial charge in [-0.05, 0) is 54.4 Å². The number of rotatable bonds is 8. The van der Waals surface area contributed by atoms with Gasteiger partial charge in [-0.2, -0.15) is 0 Å². The lowest BCUT2D eigenvalue weighted by Gasteiger charge is -2.23. The number of thioether (sulfide) groups is 1. The minimum Gasteiger partial charge on any atom is -0.507 e. The molecule has 0 spiro atoms. The third-order valence-electron chi connectivity index (χ3n) is 6.68. The molecular weight excluding hydrogens is 581 g/mol. The smallest absolute Gasteiger partial charge is 0.301 e. The van der Waals surface area contributed by atoms with Crippen molar-refractivity contribution in [2.45, 2.75) is 23.1 Å². The van der Waals surface area contributed by atoms with Crippen LogP contribution in [0.5, 0.6) is 17.2 Å². The van der Waals surface area contributed by atoms with Gasteiger partial charge in [-0.1, -0.05) is 53.4 Å². The largest absolute Gasteiger partial charge is 0.507 e. The van der Waals surface area contributed by atoms with Crippen molar-refractivity contribution in [1.82, 2.24) is 10.2 Å². The topological polar surface area (TPSA) is 111 Å². The van der Waals surface area contributed by atoms with Gasteiger partial charge in [0.05, 0.1) is 18.2 Å². The fourth-order valence-corrected chi connectivity index (χ4v) is 6.57. The van der Waals surface area contributed by atoms with Gasteiger partial charge in [0.1, 0.15) is 30.5 Å². The number of ketones is 1. The minimum atomic E-state index is -0.994. The van der Waals surface area contributed by atoms with Crippen LogP contribution in [-0.2, 0) is 15.3 Å². The third-order valence-corrected chi connectivity index (χ3v) is 8.78. The van der Waals surface area contributed by atoms with Crippen molar-refractivity contribution < 1.29 is 33.3 Å². The number of carbonyl (C=O) groups is 2. The van der Waals surface area contributed by atoms with Crippen molar-refractivity contribution >= 4 is 45.7 Å². The Labute approximate surface area is 248 Å². The van der Waals surface area contributed by atoms with E-state index >= 15 is 0 Å². The van der Waals surface area contributed by atoms with Gasteiger partial charge in [-0.15, -0.1) is 10.2 Å². The zero-order valence-electron chi connectivity index (χ0n) is 22.3. The Hall–Kier alpha value is -4.42. The van der Waals surface area contributed by atoms with Crippen LogP contribution >= 0.6 is 23.1 Å². The molecule has 6 rings (SSSR count). The van der Waals surface area contributed by atoms with E-state index in [1.807, 2.05) is 6.92 Å². The second-order valence-corrected chi connectivity index (χ2v) is 11.4. The highest BCUT2D eigenvalue weighted by molar-refractivity contribution is 8.00. The highest BCUT2D eigenvalue weighted by atomic mass is 32.2. The number of fused-ring (bicyclic) bond motifs is 1. The number of anilines is 1. The van der Waals surface area contributed by atoms with Crippen LogP contribution in [0.1, 0.15) is 29.7 Å². The van der Waals surface area contributed by atoms with Crippen molar-refractivity contribution in [2.75, 3.05) is 24.7 Å². The van der Waals surface area contributed by atoms with Gasteiger partial charge >= 0.3 is 5.91 Å². The molecule has 1 saturated heterocycles.